The summed E-state index contributed by atoms with van der Waals surface area (Å²) in [5.41, 5.74) is -0.729. The second kappa shape index (κ2) is 6.59. The molecule has 1 unspecified atom stereocenters. The molecule has 0 radical (unpaired) electrons. The molecule has 0 aromatic heterocycles. The summed E-state index contributed by atoms with van der Waals surface area (Å²) in [5, 5.41) is 13.0. The first kappa shape index (κ1) is 15.3. The third-order valence-electron chi connectivity index (χ3n) is 3.62. The van der Waals surface area contributed by atoms with Gasteiger partial charge in [-0.3, -0.25) is 4.79 Å². The van der Waals surface area contributed by atoms with Gasteiger partial charge >= 0.3 is 0 Å². The van der Waals surface area contributed by atoms with Gasteiger partial charge in [0.2, 0.25) is 0 Å². The largest absolute Gasteiger partial charge is 0.481 e. The fraction of sp³-hybridized carbons (Fsp3) is 0.533. The fourth-order valence-corrected chi connectivity index (χ4v) is 2.64. The van der Waals surface area contributed by atoms with E-state index < -0.39 is 11.7 Å². The lowest BCUT2D eigenvalue weighted by molar-refractivity contribution is -0.128. The molecule has 0 heterocycles. The van der Waals surface area contributed by atoms with Crippen LogP contribution < -0.4 is 10.1 Å². The lowest BCUT2D eigenvalue weighted by atomic mass is 10.0. The third kappa shape index (κ3) is 4.21. The predicted octanol–water partition coefficient (Wildman–Crippen LogP) is 2.64. The van der Waals surface area contributed by atoms with E-state index in [1.807, 2.05) is 12.1 Å². The maximum atomic E-state index is 12.0. The SMILES string of the molecule is CC(Oc1ccc(Br)cc1)C(=O)NCC1(O)CCCC1. The molecule has 4 nitrogen and oxygen atoms in total. The predicted molar refractivity (Wildman–Crippen MR) is 80.7 cm³/mol. The molecule has 1 aromatic carbocycles. The summed E-state index contributed by atoms with van der Waals surface area (Å²) in [4.78, 5) is 12.0. The summed E-state index contributed by atoms with van der Waals surface area (Å²) in [5.74, 6) is 0.448. The van der Waals surface area contributed by atoms with Crippen LogP contribution in [0.5, 0.6) is 5.75 Å². The van der Waals surface area contributed by atoms with Crippen LogP contribution in [-0.2, 0) is 4.79 Å². The maximum Gasteiger partial charge on any atom is 0.260 e. The van der Waals surface area contributed by atoms with Crippen LogP contribution in [0.2, 0.25) is 0 Å². The quantitative estimate of drug-likeness (QED) is 0.865. The normalized spacial score (nSPS) is 18.6. The Morgan fingerprint density at radius 3 is 2.60 bits per heavy atom. The summed E-state index contributed by atoms with van der Waals surface area (Å²) in [6, 6.07) is 7.33. The molecule has 1 aliphatic carbocycles. The summed E-state index contributed by atoms with van der Waals surface area (Å²) >= 11 is 3.35. The van der Waals surface area contributed by atoms with Gasteiger partial charge < -0.3 is 15.2 Å². The minimum absolute atomic E-state index is 0.201. The zero-order chi connectivity index (χ0) is 14.6. The molecule has 1 atom stereocenters. The molecule has 0 saturated heterocycles. The standard InChI is InChI=1S/C15H20BrNO3/c1-11(20-13-6-4-12(16)5-7-13)14(18)17-10-15(19)8-2-3-9-15/h4-7,11,19H,2-3,8-10H2,1H3,(H,17,18). The zero-order valence-electron chi connectivity index (χ0n) is 11.6. The van der Waals surface area contributed by atoms with E-state index in [1.165, 1.54) is 0 Å². The Labute approximate surface area is 127 Å². The molecule has 1 aromatic rings. The number of hydrogen-bond acceptors (Lipinski definition) is 3. The molecule has 0 bridgehead atoms. The zero-order valence-corrected chi connectivity index (χ0v) is 13.1. The number of carbonyl (C=O) groups is 1. The van der Waals surface area contributed by atoms with Crippen molar-refractivity contribution in [2.75, 3.05) is 6.54 Å². The van der Waals surface area contributed by atoms with Crippen molar-refractivity contribution in [1.29, 1.82) is 0 Å². The van der Waals surface area contributed by atoms with Crippen molar-refractivity contribution in [2.45, 2.75) is 44.3 Å². The Hall–Kier alpha value is -1.07. The highest BCUT2D eigenvalue weighted by molar-refractivity contribution is 9.10. The van der Waals surface area contributed by atoms with Crippen LogP contribution in [-0.4, -0.2) is 29.3 Å². The number of ether oxygens (including phenoxy) is 1. The molecule has 2 rings (SSSR count). The molecule has 1 aliphatic rings. The molecule has 1 amide bonds. The summed E-state index contributed by atoms with van der Waals surface area (Å²) in [6.07, 6.45) is 2.99. The molecule has 1 saturated carbocycles. The summed E-state index contributed by atoms with van der Waals surface area (Å²) in [7, 11) is 0. The van der Waals surface area contributed by atoms with Crippen LogP contribution in [0.3, 0.4) is 0 Å². The first-order chi connectivity index (χ1) is 9.48. The minimum atomic E-state index is -0.729. The topological polar surface area (TPSA) is 58.6 Å². The van der Waals surface area contributed by atoms with Crippen LogP contribution in [0, 0.1) is 0 Å². The second-order valence-electron chi connectivity index (χ2n) is 5.36. The maximum absolute atomic E-state index is 12.0. The van der Waals surface area contributed by atoms with Crippen LogP contribution in [0.4, 0.5) is 0 Å². The number of benzene rings is 1. The lowest BCUT2D eigenvalue weighted by Gasteiger charge is -2.23. The van der Waals surface area contributed by atoms with E-state index in [9.17, 15) is 9.90 Å². The molecule has 1 fully saturated rings. The highest BCUT2D eigenvalue weighted by Gasteiger charge is 2.31. The van der Waals surface area contributed by atoms with E-state index in [2.05, 4.69) is 21.2 Å². The third-order valence-corrected chi connectivity index (χ3v) is 4.15. The van der Waals surface area contributed by atoms with Crippen molar-refractivity contribution in [3.8, 4) is 5.75 Å². The summed E-state index contributed by atoms with van der Waals surface area (Å²) in [6.45, 7) is 2.01. The first-order valence-corrected chi connectivity index (χ1v) is 7.70. The van der Waals surface area contributed by atoms with Crippen molar-refractivity contribution in [3.63, 3.8) is 0 Å². The number of halogens is 1. The average molecular weight is 342 g/mol. The van der Waals surface area contributed by atoms with Gasteiger partial charge in [-0.1, -0.05) is 28.8 Å². The van der Waals surface area contributed by atoms with Crippen molar-refractivity contribution in [1.82, 2.24) is 5.32 Å². The van der Waals surface area contributed by atoms with Crippen molar-refractivity contribution >= 4 is 21.8 Å². The van der Waals surface area contributed by atoms with E-state index in [1.54, 1.807) is 19.1 Å². The van der Waals surface area contributed by atoms with Gasteiger partial charge in [0.15, 0.2) is 6.10 Å². The van der Waals surface area contributed by atoms with Gasteiger partial charge in [-0.2, -0.15) is 0 Å². The highest BCUT2D eigenvalue weighted by Crippen LogP contribution is 2.28. The Balaban J connectivity index is 1.81. The number of nitrogens with one attached hydrogen (secondary N) is 1. The molecule has 5 heteroatoms. The molecule has 110 valence electrons. The van der Waals surface area contributed by atoms with E-state index in [-0.39, 0.29) is 5.91 Å². The van der Waals surface area contributed by atoms with Crippen molar-refractivity contribution < 1.29 is 14.6 Å². The van der Waals surface area contributed by atoms with Crippen LogP contribution in [0.1, 0.15) is 32.6 Å². The average Bonchev–Trinajstić information content (AvgIpc) is 2.86. The molecule has 20 heavy (non-hydrogen) atoms. The van der Waals surface area contributed by atoms with Crippen molar-refractivity contribution in [2.24, 2.45) is 0 Å². The Kier molecular flexibility index (Phi) is 5.05. The van der Waals surface area contributed by atoms with E-state index in [4.69, 9.17) is 4.74 Å². The number of aliphatic hydroxyl groups is 1. The van der Waals surface area contributed by atoms with Gasteiger partial charge in [-0.05, 0) is 44.0 Å². The smallest absolute Gasteiger partial charge is 0.260 e. The van der Waals surface area contributed by atoms with Gasteiger partial charge in [0.1, 0.15) is 5.75 Å². The van der Waals surface area contributed by atoms with Gasteiger partial charge in [0.05, 0.1) is 5.60 Å². The van der Waals surface area contributed by atoms with Gasteiger partial charge in [0, 0.05) is 11.0 Å². The van der Waals surface area contributed by atoms with Crippen LogP contribution in [0.25, 0.3) is 0 Å². The fourth-order valence-electron chi connectivity index (χ4n) is 2.38. The number of carbonyl (C=O) groups excluding carboxylic acids is 1. The van der Waals surface area contributed by atoms with E-state index in [0.717, 1.165) is 30.2 Å². The molecule has 2 N–H and O–H groups in total. The second-order valence-corrected chi connectivity index (χ2v) is 6.28. The van der Waals surface area contributed by atoms with Crippen LogP contribution in [0.15, 0.2) is 28.7 Å². The van der Waals surface area contributed by atoms with Crippen LogP contribution >= 0.6 is 15.9 Å². The highest BCUT2D eigenvalue weighted by atomic mass is 79.9. The number of hydrogen-bond donors (Lipinski definition) is 2. The molecular formula is C15H20BrNO3. The van der Waals surface area contributed by atoms with Gasteiger partial charge in [-0.25, -0.2) is 0 Å². The molecule has 0 aliphatic heterocycles. The lowest BCUT2D eigenvalue weighted by Crippen LogP contribution is -2.45. The van der Waals surface area contributed by atoms with E-state index >= 15 is 0 Å². The van der Waals surface area contributed by atoms with Gasteiger partial charge in [0.25, 0.3) is 5.91 Å². The van der Waals surface area contributed by atoms with Gasteiger partial charge in [-0.15, -0.1) is 0 Å². The molecular weight excluding hydrogens is 322 g/mol. The van der Waals surface area contributed by atoms with E-state index in [0.29, 0.717) is 12.3 Å². The Bertz CT molecular complexity index is 455. The van der Waals surface area contributed by atoms with Crippen molar-refractivity contribution in [3.05, 3.63) is 28.7 Å². The monoisotopic (exact) mass is 341 g/mol. The Morgan fingerprint density at radius 2 is 2.00 bits per heavy atom. The molecule has 0 spiro atoms. The minimum Gasteiger partial charge on any atom is -0.481 e. The Morgan fingerprint density at radius 1 is 1.40 bits per heavy atom. The summed E-state index contributed by atoms with van der Waals surface area (Å²) < 4.78 is 6.53. The first-order valence-electron chi connectivity index (χ1n) is 6.91. The number of rotatable bonds is 5. The number of amides is 1.